The lowest BCUT2D eigenvalue weighted by Crippen LogP contribution is -2.32. The van der Waals surface area contributed by atoms with Gasteiger partial charge in [0.2, 0.25) is 0 Å². The second-order valence-corrected chi connectivity index (χ2v) is 6.68. The predicted molar refractivity (Wildman–Crippen MR) is 78.9 cm³/mol. The van der Waals surface area contributed by atoms with Crippen LogP contribution in [0.15, 0.2) is 12.7 Å². The Morgan fingerprint density at radius 2 is 2.08 bits per heavy atom. The van der Waals surface area contributed by atoms with E-state index < -0.39 is 40.9 Å². The topological polar surface area (TPSA) is 158 Å². The summed E-state index contributed by atoms with van der Waals surface area (Å²) >= 11 is 0. The number of hydrogen-bond acceptors (Lipinski definition) is 11. The fourth-order valence-corrected chi connectivity index (χ4v) is 3.86. The zero-order valence-corrected chi connectivity index (χ0v) is 13.6. The van der Waals surface area contributed by atoms with Crippen molar-refractivity contribution >= 4 is 33.4 Å². The van der Waals surface area contributed by atoms with Crippen molar-refractivity contribution in [1.29, 1.82) is 0 Å². The molecule has 0 aromatic carbocycles. The van der Waals surface area contributed by atoms with Gasteiger partial charge < -0.3 is 15.2 Å². The summed E-state index contributed by atoms with van der Waals surface area (Å²) in [6, 6.07) is 0. The summed E-state index contributed by atoms with van der Waals surface area (Å²) in [6.07, 6.45) is -1.07. The average molecular weight is 371 g/mol. The van der Waals surface area contributed by atoms with Crippen LogP contribution in [-0.2, 0) is 33.0 Å². The zero-order valence-electron chi connectivity index (χ0n) is 12.8. The molecule has 2 aliphatic rings. The van der Waals surface area contributed by atoms with Crippen molar-refractivity contribution in [3.8, 4) is 0 Å². The van der Waals surface area contributed by atoms with E-state index in [2.05, 4.69) is 15.0 Å². The molecule has 13 heteroatoms. The van der Waals surface area contributed by atoms with Crippen molar-refractivity contribution in [2.45, 2.75) is 31.5 Å². The summed E-state index contributed by atoms with van der Waals surface area (Å²) in [7, 11) is -4.17. The highest BCUT2D eigenvalue weighted by atomic mass is 32.3. The van der Waals surface area contributed by atoms with Gasteiger partial charge in [0.1, 0.15) is 30.7 Å². The lowest BCUT2D eigenvalue weighted by atomic mass is 10.1. The SMILES string of the molecule is CC(=O)OC[C@H]1O[C@@H](n2cnc3c(N)ncnc32)[C@@H]2OS(=O)(=O)O[C@@H]21. The number of nitrogen functional groups attached to an aromatic ring is 1. The number of carbonyl (C=O) groups excluding carboxylic acids is 1. The number of imidazole rings is 1. The van der Waals surface area contributed by atoms with E-state index in [1.807, 2.05) is 0 Å². The van der Waals surface area contributed by atoms with Gasteiger partial charge in [-0.15, -0.1) is 0 Å². The molecule has 12 nitrogen and oxygen atoms in total. The van der Waals surface area contributed by atoms with Crippen LogP contribution in [-0.4, -0.2) is 58.8 Å². The number of anilines is 1. The van der Waals surface area contributed by atoms with Gasteiger partial charge in [-0.2, -0.15) is 8.42 Å². The van der Waals surface area contributed by atoms with Crippen LogP contribution in [0, 0.1) is 0 Å². The highest BCUT2D eigenvalue weighted by Gasteiger charge is 2.56. The molecule has 0 amide bonds. The van der Waals surface area contributed by atoms with Crippen LogP contribution in [0.5, 0.6) is 0 Å². The maximum absolute atomic E-state index is 11.7. The molecular weight excluding hydrogens is 358 g/mol. The largest absolute Gasteiger partial charge is 0.463 e. The minimum Gasteiger partial charge on any atom is -0.463 e. The van der Waals surface area contributed by atoms with Gasteiger partial charge in [-0.3, -0.25) is 9.36 Å². The number of esters is 1. The third-order valence-electron chi connectivity index (χ3n) is 3.86. The van der Waals surface area contributed by atoms with E-state index in [0.29, 0.717) is 11.2 Å². The summed E-state index contributed by atoms with van der Waals surface area (Å²) in [4.78, 5) is 23.1. The Labute approximate surface area is 141 Å². The molecule has 2 aromatic rings. The first kappa shape index (κ1) is 16.1. The third kappa shape index (κ3) is 2.70. The molecule has 2 N–H and O–H groups in total. The van der Waals surface area contributed by atoms with Crippen LogP contribution in [0.25, 0.3) is 11.2 Å². The summed E-state index contributed by atoms with van der Waals surface area (Å²) < 4.78 is 45.5. The fraction of sp³-hybridized carbons (Fsp3) is 0.500. The summed E-state index contributed by atoms with van der Waals surface area (Å²) in [6.45, 7) is 1.05. The molecule has 0 bridgehead atoms. The van der Waals surface area contributed by atoms with Crippen LogP contribution < -0.4 is 5.73 Å². The fourth-order valence-electron chi connectivity index (χ4n) is 2.84. The summed E-state index contributed by atoms with van der Waals surface area (Å²) in [5.41, 5.74) is 6.43. The first-order valence-electron chi connectivity index (χ1n) is 7.19. The van der Waals surface area contributed by atoms with Crippen LogP contribution in [0.4, 0.5) is 5.82 Å². The number of nitrogens with zero attached hydrogens (tertiary/aromatic N) is 4. The Morgan fingerprint density at radius 1 is 1.32 bits per heavy atom. The standard InChI is InChI=1S/C12H13N5O7S/c1-5(18)21-2-6-8-9(24-25(19,20)23-8)12(22-6)17-4-16-7-10(13)14-3-15-11(7)17/h3-4,6,8-9,12H,2H2,1H3,(H2,13,14,15)/t6-,8-,9-,12-/m1/s1. The number of aromatic nitrogens is 4. The van der Waals surface area contributed by atoms with Gasteiger partial charge in [0, 0.05) is 6.92 Å². The average Bonchev–Trinajstić information content (AvgIpc) is 3.17. The molecule has 0 spiro atoms. The van der Waals surface area contributed by atoms with E-state index >= 15 is 0 Å². The second kappa shape index (κ2) is 5.59. The van der Waals surface area contributed by atoms with Crippen LogP contribution in [0.2, 0.25) is 0 Å². The van der Waals surface area contributed by atoms with E-state index in [-0.39, 0.29) is 12.4 Å². The molecule has 25 heavy (non-hydrogen) atoms. The van der Waals surface area contributed by atoms with Crippen molar-refractivity contribution in [1.82, 2.24) is 19.5 Å². The van der Waals surface area contributed by atoms with Crippen LogP contribution in [0.1, 0.15) is 13.2 Å². The molecule has 4 heterocycles. The van der Waals surface area contributed by atoms with Gasteiger partial charge in [-0.25, -0.2) is 23.3 Å². The number of ether oxygens (including phenoxy) is 2. The third-order valence-corrected chi connectivity index (χ3v) is 4.77. The molecule has 2 aliphatic heterocycles. The monoisotopic (exact) mass is 371 g/mol. The minimum atomic E-state index is -4.17. The molecule has 0 saturated carbocycles. The molecule has 0 aliphatic carbocycles. The summed E-state index contributed by atoms with van der Waals surface area (Å²) in [5, 5.41) is 0. The highest BCUT2D eigenvalue weighted by molar-refractivity contribution is 7.82. The Morgan fingerprint density at radius 3 is 2.84 bits per heavy atom. The van der Waals surface area contributed by atoms with Gasteiger partial charge in [-0.05, 0) is 0 Å². The van der Waals surface area contributed by atoms with Crippen molar-refractivity contribution in [2.24, 2.45) is 0 Å². The highest BCUT2D eigenvalue weighted by Crippen LogP contribution is 2.41. The Hall–Kier alpha value is -2.35. The molecule has 134 valence electrons. The lowest BCUT2D eigenvalue weighted by Gasteiger charge is -2.17. The molecular formula is C12H13N5O7S. The van der Waals surface area contributed by atoms with Crippen molar-refractivity contribution in [2.75, 3.05) is 12.3 Å². The molecule has 0 unspecified atom stereocenters. The van der Waals surface area contributed by atoms with Gasteiger partial charge in [0.15, 0.2) is 23.8 Å². The van der Waals surface area contributed by atoms with Crippen LogP contribution in [0.3, 0.4) is 0 Å². The van der Waals surface area contributed by atoms with Crippen molar-refractivity contribution < 1.29 is 31.1 Å². The molecule has 0 radical (unpaired) electrons. The van der Waals surface area contributed by atoms with Gasteiger partial charge in [0.05, 0.1) is 6.33 Å². The second-order valence-electron chi connectivity index (χ2n) is 5.48. The van der Waals surface area contributed by atoms with Gasteiger partial charge in [-0.1, -0.05) is 0 Å². The maximum Gasteiger partial charge on any atom is 0.400 e. The number of nitrogens with two attached hydrogens (primary N) is 1. The van der Waals surface area contributed by atoms with Crippen molar-refractivity contribution in [3.05, 3.63) is 12.7 Å². The van der Waals surface area contributed by atoms with Gasteiger partial charge >= 0.3 is 16.4 Å². The van der Waals surface area contributed by atoms with Gasteiger partial charge in [0.25, 0.3) is 0 Å². The number of hydrogen-bond donors (Lipinski definition) is 1. The number of rotatable bonds is 3. The lowest BCUT2D eigenvalue weighted by molar-refractivity contribution is -0.147. The first-order valence-corrected chi connectivity index (χ1v) is 8.52. The molecule has 2 fully saturated rings. The summed E-state index contributed by atoms with van der Waals surface area (Å²) in [5.74, 6) is -0.357. The molecule has 2 saturated heterocycles. The quantitative estimate of drug-likeness (QED) is 0.652. The number of fused-ring (bicyclic) bond motifs is 2. The molecule has 4 rings (SSSR count). The molecule has 2 aromatic heterocycles. The first-order chi connectivity index (χ1) is 11.9. The Bertz CT molecular complexity index is 944. The normalized spacial score (nSPS) is 30.4. The smallest absolute Gasteiger partial charge is 0.400 e. The maximum atomic E-state index is 11.7. The Balaban J connectivity index is 1.71. The zero-order chi connectivity index (χ0) is 17.8. The minimum absolute atomic E-state index is 0.172. The van der Waals surface area contributed by atoms with E-state index in [9.17, 15) is 13.2 Å². The van der Waals surface area contributed by atoms with E-state index in [1.165, 1.54) is 24.1 Å². The van der Waals surface area contributed by atoms with Crippen molar-refractivity contribution in [3.63, 3.8) is 0 Å². The van der Waals surface area contributed by atoms with Crippen LogP contribution >= 0.6 is 0 Å². The van der Waals surface area contributed by atoms with E-state index in [1.54, 1.807) is 0 Å². The Kier molecular flexibility index (Phi) is 3.61. The predicted octanol–water partition coefficient (Wildman–Crippen LogP) is -1.10. The van der Waals surface area contributed by atoms with E-state index in [0.717, 1.165) is 0 Å². The van der Waals surface area contributed by atoms with E-state index in [4.69, 9.17) is 23.6 Å². The number of carbonyl (C=O) groups is 1. The molecule has 4 atom stereocenters.